The average Bonchev–Trinajstić information content (AvgIpc) is 2.91. The van der Waals surface area contributed by atoms with Gasteiger partial charge in [0, 0.05) is 0 Å². The zero-order valence-electron chi connectivity index (χ0n) is 15.1. The van der Waals surface area contributed by atoms with Crippen LogP contribution in [-0.2, 0) is 27.3 Å². The number of rotatable bonds is 5. The summed E-state index contributed by atoms with van der Waals surface area (Å²) in [5, 5.41) is 0. The third-order valence-corrected chi connectivity index (χ3v) is 4.94. The average molecular weight is 386 g/mol. The maximum Gasteiger partial charge on any atom is 0.326 e. The first-order valence-corrected chi connectivity index (χ1v) is 9.35. The molecule has 0 aliphatic heterocycles. The second kappa shape index (κ2) is 8.26. The summed E-state index contributed by atoms with van der Waals surface area (Å²) in [6.45, 7) is 3.85. The number of nitrogens with zero attached hydrogens (tertiary/aromatic N) is 2. The van der Waals surface area contributed by atoms with E-state index in [9.17, 15) is 14.0 Å². The van der Waals surface area contributed by atoms with Gasteiger partial charge in [-0.1, -0.05) is 41.2 Å². The molecule has 2 aromatic carbocycles. The number of carbonyl (C=O) groups excluding carboxylic acids is 2. The summed E-state index contributed by atoms with van der Waals surface area (Å²) in [6.07, 6.45) is 0.156. The van der Waals surface area contributed by atoms with Gasteiger partial charge in [-0.2, -0.15) is 4.99 Å². The monoisotopic (exact) mass is 386 g/mol. The Morgan fingerprint density at radius 3 is 2.78 bits per heavy atom. The van der Waals surface area contributed by atoms with Crippen molar-refractivity contribution in [2.75, 3.05) is 6.61 Å². The molecular weight excluding hydrogens is 367 g/mol. The second-order valence-corrected chi connectivity index (χ2v) is 7.07. The topological polar surface area (TPSA) is 60.7 Å². The predicted molar refractivity (Wildman–Crippen MR) is 102 cm³/mol. The molecule has 0 saturated carbocycles. The molecule has 0 fully saturated rings. The molecule has 0 aliphatic carbocycles. The van der Waals surface area contributed by atoms with Gasteiger partial charge >= 0.3 is 5.97 Å². The molecule has 0 bridgehead atoms. The van der Waals surface area contributed by atoms with Crippen molar-refractivity contribution >= 4 is 33.4 Å². The molecule has 140 valence electrons. The van der Waals surface area contributed by atoms with E-state index < -0.39 is 5.97 Å². The highest BCUT2D eigenvalue weighted by Gasteiger charge is 2.13. The second-order valence-electron chi connectivity index (χ2n) is 6.06. The highest BCUT2D eigenvalue weighted by atomic mass is 32.1. The number of hydrogen-bond acceptors (Lipinski definition) is 4. The number of halogens is 1. The molecule has 0 atom stereocenters. The predicted octanol–water partition coefficient (Wildman–Crippen LogP) is 3.38. The fourth-order valence-electron chi connectivity index (χ4n) is 2.76. The van der Waals surface area contributed by atoms with Crippen LogP contribution in [0.2, 0.25) is 0 Å². The smallest absolute Gasteiger partial charge is 0.326 e. The maximum atomic E-state index is 13.6. The van der Waals surface area contributed by atoms with E-state index in [4.69, 9.17) is 4.74 Å². The van der Waals surface area contributed by atoms with Crippen molar-refractivity contribution in [1.29, 1.82) is 0 Å². The van der Waals surface area contributed by atoms with Crippen LogP contribution in [0.5, 0.6) is 0 Å². The van der Waals surface area contributed by atoms with Gasteiger partial charge in [0.05, 0.1) is 23.2 Å². The third-order valence-electron chi connectivity index (χ3n) is 3.90. The molecule has 5 nitrogen and oxygen atoms in total. The number of thiazole rings is 1. The van der Waals surface area contributed by atoms with E-state index in [1.54, 1.807) is 17.6 Å². The highest BCUT2D eigenvalue weighted by Crippen LogP contribution is 2.19. The number of fused-ring (bicyclic) bond motifs is 1. The van der Waals surface area contributed by atoms with Crippen LogP contribution in [0.1, 0.15) is 18.1 Å². The number of hydrogen-bond donors (Lipinski definition) is 0. The molecule has 0 spiro atoms. The number of amides is 1. The van der Waals surface area contributed by atoms with E-state index in [2.05, 4.69) is 4.99 Å². The molecule has 3 aromatic rings. The summed E-state index contributed by atoms with van der Waals surface area (Å²) in [6, 6.07) is 11.9. The largest absolute Gasteiger partial charge is 0.465 e. The van der Waals surface area contributed by atoms with Gasteiger partial charge < -0.3 is 9.30 Å². The first-order chi connectivity index (χ1) is 13.0. The lowest BCUT2D eigenvalue weighted by molar-refractivity contribution is -0.143. The first kappa shape index (κ1) is 19.0. The van der Waals surface area contributed by atoms with E-state index >= 15 is 0 Å². The van der Waals surface area contributed by atoms with Crippen molar-refractivity contribution in [3.8, 4) is 0 Å². The molecule has 27 heavy (non-hydrogen) atoms. The molecule has 1 aromatic heterocycles. The Hall–Kier alpha value is -2.80. The van der Waals surface area contributed by atoms with Crippen LogP contribution >= 0.6 is 11.3 Å². The van der Waals surface area contributed by atoms with Gasteiger partial charge in [0.15, 0.2) is 4.80 Å². The zero-order valence-corrected chi connectivity index (χ0v) is 15.9. The fourth-order valence-corrected chi connectivity index (χ4v) is 3.84. The van der Waals surface area contributed by atoms with Crippen molar-refractivity contribution in [3.63, 3.8) is 0 Å². The Morgan fingerprint density at radius 1 is 1.22 bits per heavy atom. The van der Waals surface area contributed by atoms with E-state index in [-0.39, 0.29) is 31.3 Å². The normalized spacial score (nSPS) is 11.7. The third kappa shape index (κ3) is 4.68. The van der Waals surface area contributed by atoms with Gasteiger partial charge in [-0.25, -0.2) is 4.39 Å². The van der Waals surface area contributed by atoms with Crippen LogP contribution in [0.15, 0.2) is 47.5 Å². The summed E-state index contributed by atoms with van der Waals surface area (Å²) in [4.78, 5) is 28.9. The Kier molecular flexibility index (Phi) is 5.81. The van der Waals surface area contributed by atoms with Crippen LogP contribution in [0, 0.1) is 12.7 Å². The van der Waals surface area contributed by atoms with Gasteiger partial charge in [0.2, 0.25) is 0 Å². The molecule has 1 heterocycles. The lowest BCUT2D eigenvalue weighted by Gasteiger charge is -2.05. The van der Waals surface area contributed by atoms with Gasteiger partial charge in [-0.05, 0) is 37.6 Å². The van der Waals surface area contributed by atoms with Crippen LogP contribution < -0.4 is 4.80 Å². The standard InChI is InChI=1S/C20H19FN2O3S/c1-3-26-19(25)12-23-16-8-7-15(21)11-17(16)27-20(23)22-18(24)10-14-6-4-5-13(2)9-14/h4-9,11H,3,10,12H2,1-2H3. The minimum absolute atomic E-state index is 0.0873. The minimum atomic E-state index is -0.436. The quantitative estimate of drug-likeness (QED) is 0.632. The molecular formula is C20H19FN2O3S. The summed E-state index contributed by atoms with van der Waals surface area (Å²) in [7, 11) is 0. The Bertz CT molecular complexity index is 1070. The number of ether oxygens (including phenoxy) is 1. The molecule has 0 saturated heterocycles. The van der Waals surface area contributed by atoms with Crippen molar-refractivity contribution in [1.82, 2.24) is 4.57 Å². The number of benzene rings is 2. The van der Waals surface area contributed by atoms with Crippen molar-refractivity contribution in [3.05, 3.63) is 64.2 Å². The van der Waals surface area contributed by atoms with Gasteiger partial charge in [0.25, 0.3) is 5.91 Å². The lowest BCUT2D eigenvalue weighted by atomic mass is 10.1. The van der Waals surface area contributed by atoms with Gasteiger partial charge in [-0.3, -0.25) is 9.59 Å². The van der Waals surface area contributed by atoms with E-state index in [0.29, 0.717) is 15.0 Å². The number of aryl methyl sites for hydroxylation is 1. The summed E-state index contributed by atoms with van der Waals surface area (Å²) in [5.74, 6) is -1.15. The fraction of sp³-hybridized carbons (Fsp3) is 0.250. The van der Waals surface area contributed by atoms with Gasteiger partial charge in [-0.15, -0.1) is 0 Å². The van der Waals surface area contributed by atoms with Crippen molar-refractivity contribution in [2.45, 2.75) is 26.8 Å². The minimum Gasteiger partial charge on any atom is -0.465 e. The molecule has 0 N–H and O–H groups in total. The molecule has 0 aliphatic rings. The summed E-state index contributed by atoms with van der Waals surface area (Å²) in [5.41, 5.74) is 2.57. The van der Waals surface area contributed by atoms with Crippen molar-refractivity contribution in [2.24, 2.45) is 4.99 Å². The number of esters is 1. The zero-order chi connectivity index (χ0) is 19.4. The molecule has 0 unspecified atom stereocenters. The van der Waals surface area contributed by atoms with Crippen LogP contribution in [0.25, 0.3) is 10.2 Å². The highest BCUT2D eigenvalue weighted by molar-refractivity contribution is 7.16. The Morgan fingerprint density at radius 2 is 2.04 bits per heavy atom. The van der Waals surface area contributed by atoms with E-state index in [1.165, 1.54) is 23.5 Å². The van der Waals surface area contributed by atoms with E-state index in [0.717, 1.165) is 11.1 Å². The lowest BCUT2D eigenvalue weighted by Crippen LogP contribution is -2.23. The molecule has 3 rings (SSSR count). The van der Waals surface area contributed by atoms with E-state index in [1.807, 2.05) is 31.2 Å². The number of carbonyl (C=O) groups is 2. The number of aromatic nitrogens is 1. The van der Waals surface area contributed by atoms with Crippen molar-refractivity contribution < 1.29 is 18.7 Å². The summed E-state index contributed by atoms with van der Waals surface area (Å²) >= 11 is 1.17. The summed E-state index contributed by atoms with van der Waals surface area (Å²) < 4.78 is 20.8. The van der Waals surface area contributed by atoms with Crippen LogP contribution in [0.4, 0.5) is 4.39 Å². The van der Waals surface area contributed by atoms with Crippen LogP contribution in [0.3, 0.4) is 0 Å². The Balaban J connectivity index is 1.99. The molecule has 1 amide bonds. The van der Waals surface area contributed by atoms with Gasteiger partial charge in [0.1, 0.15) is 12.4 Å². The molecule has 0 radical (unpaired) electrons. The maximum absolute atomic E-state index is 13.6. The molecule has 7 heteroatoms. The first-order valence-electron chi connectivity index (χ1n) is 8.54. The SMILES string of the molecule is CCOC(=O)Cn1c(=NC(=O)Cc2cccc(C)c2)sc2cc(F)ccc21. The Labute approximate surface area is 159 Å². The van der Waals surface area contributed by atoms with Crippen LogP contribution in [-0.4, -0.2) is 23.1 Å².